The highest BCUT2D eigenvalue weighted by molar-refractivity contribution is 7.90. The number of nitrogens with one attached hydrogen (secondary N) is 1. The van der Waals surface area contributed by atoms with Crippen molar-refractivity contribution < 1.29 is 8.42 Å². The Morgan fingerprint density at radius 1 is 1.29 bits per heavy atom. The number of hydrogen-bond acceptors (Lipinski definition) is 4. The standard InChI is InChI=1S/C11H25N3O2S/c1-2-11(10-12)17(15,16)13-6-9-14-7-4-3-5-8-14/h11,13H,2-10,12H2,1H3. The van der Waals surface area contributed by atoms with Crippen LogP contribution < -0.4 is 10.5 Å². The van der Waals surface area contributed by atoms with E-state index in [4.69, 9.17) is 5.73 Å². The van der Waals surface area contributed by atoms with E-state index in [1.54, 1.807) is 0 Å². The predicted octanol–water partition coefficient (Wildman–Crippen LogP) is 0.129. The van der Waals surface area contributed by atoms with Gasteiger partial charge in [0.2, 0.25) is 10.0 Å². The molecule has 3 N–H and O–H groups in total. The molecule has 1 heterocycles. The second-order valence-electron chi connectivity index (χ2n) is 4.61. The van der Waals surface area contributed by atoms with Crippen molar-refractivity contribution >= 4 is 10.0 Å². The summed E-state index contributed by atoms with van der Waals surface area (Å²) in [4.78, 5) is 2.31. The van der Waals surface area contributed by atoms with Crippen LogP contribution in [0.15, 0.2) is 0 Å². The van der Waals surface area contributed by atoms with Crippen molar-refractivity contribution in [2.24, 2.45) is 5.73 Å². The van der Waals surface area contributed by atoms with Crippen LogP contribution in [0.25, 0.3) is 0 Å². The first-order valence-corrected chi connectivity index (χ1v) is 8.05. The molecule has 0 amide bonds. The Hall–Kier alpha value is -0.170. The lowest BCUT2D eigenvalue weighted by Gasteiger charge is -2.26. The van der Waals surface area contributed by atoms with Crippen molar-refractivity contribution in [3.05, 3.63) is 0 Å². The monoisotopic (exact) mass is 263 g/mol. The topological polar surface area (TPSA) is 75.4 Å². The summed E-state index contributed by atoms with van der Waals surface area (Å²) in [6, 6.07) is 0. The number of rotatable bonds is 7. The van der Waals surface area contributed by atoms with Gasteiger partial charge in [0.25, 0.3) is 0 Å². The predicted molar refractivity (Wildman–Crippen MR) is 70.3 cm³/mol. The number of nitrogens with zero attached hydrogens (tertiary/aromatic N) is 1. The highest BCUT2D eigenvalue weighted by atomic mass is 32.2. The Morgan fingerprint density at radius 3 is 2.47 bits per heavy atom. The molecule has 1 fully saturated rings. The maximum Gasteiger partial charge on any atom is 0.215 e. The zero-order valence-corrected chi connectivity index (χ0v) is 11.5. The Balaban J connectivity index is 2.29. The van der Waals surface area contributed by atoms with E-state index in [0.29, 0.717) is 13.0 Å². The third-order valence-corrected chi connectivity index (χ3v) is 5.35. The normalized spacial score (nSPS) is 20.4. The van der Waals surface area contributed by atoms with Crippen molar-refractivity contribution in [3.8, 4) is 0 Å². The third kappa shape index (κ3) is 4.91. The first-order valence-electron chi connectivity index (χ1n) is 6.51. The molecule has 5 nitrogen and oxygen atoms in total. The van der Waals surface area contributed by atoms with Gasteiger partial charge in [-0.05, 0) is 32.4 Å². The molecule has 1 rings (SSSR count). The van der Waals surface area contributed by atoms with E-state index in [9.17, 15) is 8.42 Å². The van der Waals surface area contributed by atoms with Crippen LogP contribution in [0.3, 0.4) is 0 Å². The molecule has 1 atom stereocenters. The van der Waals surface area contributed by atoms with E-state index in [0.717, 1.165) is 19.6 Å². The quantitative estimate of drug-likeness (QED) is 0.684. The number of sulfonamides is 1. The van der Waals surface area contributed by atoms with Gasteiger partial charge >= 0.3 is 0 Å². The van der Waals surface area contributed by atoms with E-state index < -0.39 is 15.3 Å². The van der Waals surface area contributed by atoms with Crippen LogP contribution in [0, 0.1) is 0 Å². The van der Waals surface area contributed by atoms with Crippen LogP contribution in [0.5, 0.6) is 0 Å². The van der Waals surface area contributed by atoms with Crippen molar-refractivity contribution in [1.29, 1.82) is 0 Å². The average Bonchev–Trinajstić information content (AvgIpc) is 2.31. The summed E-state index contributed by atoms with van der Waals surface area (Å²) in [5.74, 6) is 0. The first-order chi connectivity index (χ1) is 8.10. The zero-order chi connectivity index (χ0) is 12.7. The van der Waals surface area contributed by atoms with Gasteiger partial charge in [-0.2, -0.15) is 0 Å². The molecule has 0 aromatic carbocycles. The van der Waals surface area contributed by atoms with Crippen molar-refractivity contribution in [1.82, 2.24) is 9.62 Å². The fourth-order valence-corrected chi connectivity index (χ4v) is 3.46. The van der Waals surface area contributed by atoms with Gasteiger partial charge in [-0.25, -0.2) is 13.1 Å². The Labute approximate surface area is 105 Å². The largest absolute Gasteiger partial charge is 0.329 e. The van der Waals surface area contributed by atoms with E-state index in [-0.39, 0.29) is 6.54 Å². The summed E-state index contributed by atoms with van der Waals surface area (Å²) in [6.07, 6.45) is 4.32. The molecule has 0 bridgehead atoms. The number of nitrogens with two attached hydrogens (primary N) is 1. The van der Waals surface area contributed by atoms with Gasteiger partial charge < -0.3 is 10.6 Å². The van der Waals surface area contributed by atoms with E-state index >= 15 is 0 Å². The van der Waals surface area contributed by atoms with Gasteiger partial charge in [0.15, 0.2) is 0 Å². The maximum atomic E-state index is 11.8. The summed E-state index contributed by atoms with van der Waals surface area (Å²) in [6.45, 7) is 5.53. The SMILES string of the molecule is CCC(CN)S(=O)(=O)NCCN1CCCCC1. The molecule has 0 aromatic heterocycles. The number of hydrogen-bond donors (Lipinski definition) is 2. The fourth-order valence-electron chi connectivity index (χ4n) is 2.16. The van der Waals surface area contributed by atoms with Crippen molar-refractivity contribution in [3.63, 3.8) is 0 Å². The van der Waals surface area contributed by atoms with Crippen molar-refractivity contribution in [2.75, 3.05) is 32.7 Å². The molecule has 102 valence electrons. The molecule has 1 saturated heterocycles. The van der Waals surface area contributed by atoms with E-state index in [1.165, 1.54) is 19.3 Å². The lowest BCUT2D eigenvalue weighted by Crippen LogP contribution is -2.42. The van der Waals surface area contributed by atoms with Crippen LogP contribution in [0.1, 0.15) is 32.6 Å². The van der Waals surface area contributed by atoms with Gasteiger partial charge in [-0.1, -0.05) is 13.3 Å². The van der Waals surface area contributed by atoms with Crippen LogP contribution in [0.2, 0.25) is 0 Å². The molecule has 1 aliphatic rings. The lowest BCUT2D eigenvalue weighted by atomic mass is 10.1. The minimum atomic E-state index is -3.22. The molecule has 0 aromatic rings. The summed E-state index contributed by atoms with van der Waals surface area (Å²) in [5, 5.41) is -0.455. The van der Waals surface area contributed by atoms with E-state index in [2.05, 4.69) is 9.62 Å². The smallest absolute Gasteiger partial charge is 0.215 e. The summed E-state index contributed by atoms with van der Waals surface area (Å²) in [5.41, 5.74) is 5.45. The first kappa shape index (κ1) is 14.9. The fraction of sp³-hybridized carbons (Fsp3) is 1.00. The molecule has 0 spiro atoms. The van der Waals surface area contributed by atoms with Crippen LogP contribution in [-0.4, -0.2) is 51.3 Å². The third-order valence-electron chi connectivity index (χ3n) is 3.34. The van der Waals surface area contributed by atoms with Crippen LogP contribution in [-0.2, 0) is 10.0 Å². The average molecular weight is 263 g/mol. The second kappa shape index (κ2) is 7.31. The number of likely N-dealkylation sites (tertiary alicyclic amines) is 1. The Morgan fingerprint density at radius 2 is 1.94 bits per heavy atom. The molecule has 1 aliphatic heterocycles. The van der Waals surface area contributed by atoms with Crippen molar-refractivity contribution in [2.45, 2.75) is 37.9 Å². The molecular weight excluding hydrogens is 238 g/mol. The summed E-state index contributed by atoms with van der Waals surface area (Å²) < 4.78 is 26.3. The van der Waals surface area contributed by atoms with Gasteiger partial charge in [-0.3, -0.25) is 0 Å². The van der Waals surface area contributed by atoms with Gasteiger partial charge in [-0.15, -0.1) is 0 Å². The summed E-state index contributed by atoms with van der Waals surface area (Å²) >= 11 is 0. The summed E-state index contributed by atoms with van der Waals surface area (Å²) in [7, 11) is -3.22. The minimum Gasteiger partial charge on any atom is -0.329 e. The molecular formula is C11H25N3O2S. The Bertz CT molecular complexity index is 296. The van der Waals surface area contributed by atoms with E-state index in [1.807, 2.05) is 6.92 Å². The molecule has 6 heteroatoms. The number of piperidine rings is 1. The van der Waals surface area contributed by atoms with Gasteiger partial charge in [0.1, 0.15) is 0 Å². The van der Waals surface area contributed by atoms with Gasteiger partial charge in [0.05, 0.1) is 5.25 Å². The van der Waals surface area contributed by atoms with Crippen LogP contribution >= 0.6 is 0 Å². The van der Waals surface area contributed by atoms with Crippen LogP contribution in [0.4, 0.5) is 0 Å². The molecule has 17 heavy (non-hydrogen) atoms. The highest BCUT2D eigenvalue weighted by Crippen LogP contribution is 2.07. The van der Waals surface area contributed by atoms with Gasteiger partial charge in [0, 0.05) is 19.6 Å². The molecule has 1 unspecified atom stereocenters. The molecule has 0 radical (unpaired) electrons. The highest BCUT2D eigenvalue weighted by Gasteiger charge is 2.21. The molecule has 0 aliphatic carbocycles. The maximum absolute atomic E-state index is 11.8. The Kier molecular flexibility index (Phi) is 6.40. The minimum absolute atomic E-state index is 0.190. The lowest BCUT2D eigenvalue weighted by molar-refractivity contribution is 0.232. The second-order valence-corrected chi connectivity index (χ2v) is 6.65. The zero-order valence-electron chi connectivity index (χ0n) is 10.7. The molecule has 0 saturated carbocycles.